The molecule has 2 rings (SSSR count). The predicted octanol–water partition coefficient (Wildman–Crippen LogP) is 4.73. The van der Waals surface area contributed by atoms with Crippen molar-refractivity contribution in [2.24, 2.45) is 0 Å². The van der Waals surface area contributed by atoms with Crippen molar-refractivity contribution < 1.29 is 23.7 Å². The number of carbonyl (C=O) groups is 1. The summed E-state index contributed by atoms with van der Waals surface area (Å²) in [5, 5.41) is 0. The summed E-state index contributed by atoms with van der Waals surface area (Å²) < 4.78 is 23.9. The van der Waals surface area contributed by atoms with E-state index in [9.17, 15) is 4.79 Å². The molecular formula is C18H22BrNO5. The molecule has 0 amide bonds. The Hall–Kier alpha value is -2.15. The molecule has 0 aliphatic carbocycles. The maximum Gasteiger partial charge on any atom is 0.419 e. The van der Waals surface area contributed by atoms with Crippen molar-refractivity contribution in [2.75, 3.05) is 21.3 Å². The molecule has 0 spiro atoms. The lowest BCUT2D eigenvalue weighted by atomic mass is 10.1. The number of rotatable bonds is 4. The van der Waals surface area contributed by atoms with Crippen molar-refractivity contribution >= 4 is 22.0 Å². The average Bonchev–Trinajstić information content (AvgIpc) is 2.93. The SMILES string of the molecule is COc1cc(OC)c(-c2cc(Br)cn2C(=O)OC(C)(C)C)c(OC)c1. The van der Waals surface area contributed by atoms with Crippen LogP contribution in [0.1, 0.15) is 20.8 Å². The Morgan fingerprint density at radius 2 is 1.56 bits per heavy atom. The first-order valence-corrected chi connectivity index (χ1v) is 8.41. The van der Waals surface area contributed by atoms with Gasteiger partial charge < -0.3 is 18.9 Å². The molecule has 1 heterocycles. The van der Waals surface area contributed by atoms with Gasteiger partial charge in [-0.15, -0.1) is 0 Å². The van der Waals surface area contributed by atoms with Crippen LogP contribution in [0.15, 0.2) is 28.9 Å². The number of aromatic nitrogens is 1. The van der Waals surface area contributed by atoms with E-state index in [0.717, 1.165) is 4.47 Å². The molecule has 0 aliphatic rings. The van der Waals surface area contributed by atoms with Crippen LogP contribution in [0.2, 0.25) is 0 Å². The standard InChI is InChI=1S/C18H22BrNO5/c1-18(2,3)25-17(21)20-10-11(19)7-13(20)16-14(23-5)8-12(22-4)9-15(16)24-6/h7-10H,1-6H3. The Balaban J connectivity index is 2.65. The van der Waals surface area contributed by atoms with Gasteiger partial charge in [0.25, 0.3) is 0 Å². The molecule has 0 unspecified atom stereocenters. The van der Waals surface area contributed by atoms with Crippen molar-refractivity contribution in [3.63, 3.8) is 0 Å². The summed E-state index contributed by atoms with van der Waals surface area (Å²) >= 11 is 3.41. The summed E-state index contributed by atoms with van der Waals surface area (Å²) in [5.41, 5.74) is 0.596. The van der Waals surface area contributed by atoms with Crippen molar-refractivity contribution in [3.05, 3.63) is 28.9 Å². The van der Waals surface area contributed by atoms with Gasteiger partial charge in [-0.1, -0.05) is 0 Å². The predicted molar refractivity (Wildman–Crippen MR) is 98.9 cm³/mol. The summed E-state index contributed by atoms with van der Waals surface area (Å²) in [6.45, 7) is 5.45. The summed E-state index contributed by atoms with van der Waals surface area (Å²) in [4.78, 5) is 12.6. The molecule has 0 aliphatic heterocycles. The van der Waals surface area contributed by atoms with Crippen LogP contribution in [-0.4, -0.2) is 37.6 Å². The molecule has 0 atom stereocenters. The first kappa shape index (κ1) is 19.2. The van der Waals surface area contributed by atoms with Gasteiger partial charge in [-0.25, -0.2) is 4.79 Å². The van der Waals surface area contributed by atoms with Gasteiger partial charge in [0, 0.05) is 22.8 Å². The second kappa shape index (κ2) is 7.39. The molecule has 1 aromatic heterocycles. The fourth-order valence-corrected chi connectivity index (χ4v) is 2.76. The Morgan fingerprint density at radius 1 is 1.00 bits per heavy atom. The van der Waals surface area contributed by atoms with E-state index in [1.165, 1.54) is 4.57 Å². The van der Waals surface area contributed by atoms with Crippen molar-refractivity contribution in [3.8, 4) is 28.5 Å². The molecule has 136 valence electrons. The third-order valence-electron chi connectivity index (χ3n) is 3.35. The van der Waals surface area contributed by atoms with E-state index in [-0.39, 0.29) is 0 Å². The minimum absolute atomic E-state index is 0.492. The van der Waals surface area contributed by atoms with Gasteiger partial charge in [0.1, 0.15) is 22.8 Å². The quantitative estimate of drug-likeness (QED) is 0.727. The number of ether oxygens (including phenoxy) is 4. The van der Waals surface area contributed by atoms with Crippen molar-refractivity contribution in [1.29, 1.82) is 0 Å². The first-order chi connectivity index (χ1) is 11.7. The van der Waals surface area contributed by atoms with Gasteiger partial charge in [0.05, 0.1) is 32.6 Å². The van der Waals surface area contributed by atoms with E-state index in [0.29, 0.717) is 28.5 Å². The lowest BCUT2D eigenvalue weighted by molar-refractivity contribution is 0.0540. The van der Waals surface area contributed by atoms with Crippen LogP contribution in [0.4, 0.5) is 4.79 Å². The van der Waals surface area contributed by atoms with E-state index < -0.39 is 11.7 Å². The topological polar surface area (TPSA) is 58.9 Å². The highest BCUT2D eigenvalue weighted by Gasteiger charge is 2.25. The lowest BCUT2D eigenvalue weighted by Crippen LogP contribution is -2.27. The molecule has 0 saturated heterocycles. The number of benzene rings is 1. The second-order valence-electron chi connectivity index (χ2n) is 6.30. The largest absolute Gasteiger partial charge is 0.496 e. The number of nitrogens with zero attached hydrogens (tertiary/aromatic N) is 1. The number of hydrogen-bond acceptors (Lipinski definition) is 5. The van der Waals surface area contributed by atoms with Gasteiger partial charge >= 0.3 is 6.09 Å². The molecule has 0 fully saturated rings. The van der Waals surface area contributed by atoms with Crippen LogP contribution < -0.4 is 14.2 Å². The fourth-order valence-electron chi connectivity index (χ4n) is 2.34. The molecule has 0 N–H and O–H groups in total. The zero-order valence-corrected chi connectivity index (χ0v) is 16.8. The van der Waals surface area contributed by atoms with Gasteiger partial charge in [-0.3, -0.25) is 4.57 Å². The molecular weight excluding hydrogens is 390 g/mol. The smallest absolute Gasteiger partial charge is 0.419 e. The minimum Gasteiger partial charge on any atom is -0.496 e. The normalized spacial score (nSPS) is 11.2. The second-order valence-corrected chi connectivity index (χ2v) is 7.22. The van der Waals surface area contributed by atoms with Crippen LogP contribution in [-0.2, 0) is 4.74 Å². The highest BCUT2D eigenvalue weighted by Crippen LogP contribution is 2.43. The van der Waals surface area contributed by atoms with Crippen LogP contribution in [0.3, 0.4) is 0 Å². The summed E-state index contributed by atoms with van der Waals surface area (Å²) in [7, 11) is 4.66. The number of halogens is 1. The molecule has 7 heteroatoms. The third-order valence-corrected chi connectivity index (χ3v) is 3.78. The van der Waals surface area contributed by atoms with E-state index >= 15 is 0 Å². The molecule has 0 radical (unpaired) electrons. The molecule has 0 saturated carbocycles. The van der Waals surface area contributed by atoms with E-state index in [1.807, 2.05) is 20.8 Å². The maximum absolute atomic E-state index is 12.6. The minimum atomic E-state index is -0.612. The summed E-state index contributed by atoms with van der Waals surface area (Å²) in [6.07, 6.45) is 1.15. The summed E-state index contributed by atoms with van der Waals surface area (Å²) in [5.74, 6) is 1.63. The molecule has 25 heavy (non-hydrogen) atoms. The lowest BCUT2D eigenvalue weighted by Gasteiger charge is -2.21. The Labute approximate surface area is 155 Å². The monoisotopic (exact) mass is 411 g/mol. The van der Waals surface area contributed by atoms with Crippen molar-refractivity contribution in [1.82, 2.24) is 4.57 Å². The Bertz CT molecular complexity index is 751. The van der Waals surface area contributed by atoms with Crippen LogP contribution in [0, 0.1) is 0 Å². The number of methoxy groups -OCH3 is 3. The van der Waals surface area contributed by atoms with Crippen LogP contribution >= 0.6 is 15.9 Å². The fraction of sp³-hybridized carbons (Fsp3) is 0.389. The zero-order chi connectivity index (χ0) is 18.8. The Morgan fingerprint density at radius 3 is 2.00 bits per heavy atom. The highest BCUT2D eigenvalue weighted by molar-refractivity contribution is 9.10. The molecule has 1 aromatic carbocycles. The van der Waals surface area contributed by atoms with Gasteiger partial charge in [0.15, 0.2) is 0 Å². The van der Waals surface area contributed by atoms with Gasteiger partial charge in [-0.2, -0.15) is 0 Å². The molecule has 6 nitrogen and oxygen atoms in total. The number of carbonyl (C=O) groups excluding carboxylic acids is 1. The van der Waals surface area contributed by atoms with Crippen LogP contribution in [0.25, 0.3) is 11.3 Å². The number of hydrogen-bond donors (Lipinski definition) is 0. The molecule has 2 aromatic rings. The van der Waals surface area contributed by atoms with Gasteiger partial charge in [-0.05, 0) is 42.8 Å². The van der Waals surface area contributed by atoms with Gasteiger partial charge in [0.2, 0.25) is 0 Å². The molecule has 0 bridgehead atoms. The van der Waals surface area contributed by atoms with E-state index in [4.69, 9.17) is 18.9 Å². The maximum atomic E-state index is 12.6. The average molecular weight is 412 g/mol. The van der Waals surface area contributed by atoms with E-state index in [2.05, 4.69) is 15.9 Å². The summed E-state index contributed by atoms with van der Waals surface area (Å²) in [6, 6.07) is 5.27. The Kier molecular flexibility index (Phi) is 5.67. The van der Waals surface area contributed by atoms with E-state index in [1.54, 1.807) is 45.7 Å². The first-order valence-electron chi connectivity index (χ1n) is 7.61. The third kappa shape index (κ3) is 4.28. The highest BCUT2D eigenvalue weighted by atomic mass is 79.9. The zero-order valence-electron chi connectivity index (χ0n) is 15.2. The van der Waals surface area contributed by atoms with Crippen molar-refractivity contribution in [2.45, 2.75) is 26.4 Å². The van der Waals surface area contributed by atoms with Crippen LogP contribution in [0.5, 0.6) is 17.2 Å².